The van der Waals surface area contributed by atoms with Crippen LogP contribution in [0.1, 0.15) is 26.7 Å². The van der Waals surface area contributed by atoms with E-state index in [0.717, 1.165) is 37.3 Å². The fourth-order valence-electron chi connectivity index (χ4n) is 0.937. The first-order chi connectivity index (χ1) is 6.16. The molecule has 0 aromatic rings. The Balaban J connectivity index is 3.16. The Morgan fingerprint density at radius 2 is 2.08 bits per heavy atom. The zero-order chi connectivity index (χ0) is 10.1. The molecule has 0 aromatic carbocycles. The third-order valence-electron chi connectivity index (χ3n) is 1.52. The van der Waals surface area contributed by atoms with Gasteiger partial charge >= 0.3 is 0 Å². The molecular weight excluding hydrogens is 162 g/mol. The van der Waals surface area contributed by atoms with Crippen molar-refractivity contribution < 1.29 is 4.74 Å². The fraction of sp³-hybridized carbons (Fsp3) is 0.636. The van der Waals surface area contributed by atoms with Gasteiger partial charge in [0.1, 0.15) is 0 Å². The number of hydrogen-bond acceptors (Lipinski definition) is 2. The minimum Gasteiger partial charge on any atom is -0.387 e. The molecule has 0 amide bonds. The third-order valence-corrected chi connectivity index (χ3v) is 1.52. The summed E-state index contributed by atoms with van der Waals surface area (Å²) in [6, 6.07) is 0. The van der Waals surface area contributed by atoms with E-state index in [4.69, 9.17) is 4.74 Å². The number of rotatable bonds is 8. The molecule has 0 aromatic heterocycles. The topological polar surface area (TPSA) is 21.3 Å². The van der Waals surface area contributed by atoms with E-state index in [1.165, 1.54) is 0 Å². The summed E-state index contributed by atoms with van der Waals surface area (Å²) < 4.78 is 5.32. The van der Waals surface area contributed by atoms with Crippen LogP contribution in [0, 0.1) is 0 Å². The van der Waals surface area contributed by atoms with Crippen molar-refractivity contribution in [3.63, 3.8) is 0 Å². The molecule has 0 aliphatic carbocycles. The second-order valence-corrected chi connectivity index (χ2v) is 3.29. The van der Waals surface area contributed by atoms with Gasteiger partial charge in [-0.15, -0.1) is 0 Å². The van der Waals surface area contributed by atoms with Crippen molar-refractivity contribution in [1.82, 2.24) is 5.32 Å². The van der Waals surface area contributed by atoms with E-state index in [-0.39, 0.29) is 0 Å². The first-order valence-corrected chi connectivity index (χ1v) is 4.80. The predicted molar refractivity (Wildman–Crippen MR) is 57.7 cm³/mol. The van der Waals surface area contributed by atoms with Crippen molar-refractivity contribution in [2.24, 2.45) is 0 Å². The molecule has 0 bridgehead atoms. The molecule has 2 nitrogen and oxygen atoms in total. The maximum atomic E-state index is 5.32. The third kappa shape index (κ3) is 9.15. The molecule has 0 rings (SSSR count). The van der Waals surface area contributed by atoms with E-state index < -0.39 is 0 Å². The van der Waals surface area contributed by atoms with Crippen LogP contribution in [0.5, 0.6) is 0 Å². The zero-order valence-electron chi connectivity index (χ0n) is 8.86. The first kappa shape index (κ1) is 12.2. The minimum absolute atomic E-state index is 0.655. The fourth-order valence-corrected chi connectivity index (χ4v) is 0.937. The lowest BCUT2D eigenvalue weighted by atomic mass is 10.3. The number of nitrogens with one attached hydrogen (secondary N) is 1. The standard InChI is InChI=1S/C11H21NO/c1-5-6-11(4)12-7-8-13-9-10(2)3/h12H,2,4-9H2,1,3H3. The second-order valence-electron chi connectivity index (χ2n) is 3.29. The average molecular weight is 183 g/mol. The highest BCUT2D eigenvalue weighted by atomic mass is 16.5. The summed E-state index contributed by atoms with van der Waals surface area (Å²) >= 11 is 0. The Labute approximate surface area is 81.7 Å². The summed E-state index contributed by atoms with van der Waals surface area (Å²) in [5.41, 5.74) is 2.16. The highest BCUT2D eigenvalue weighted by Crippen LogP contribution is 1.96. The average Bonchev–Trinajstić information content (AvgIpc) is 2.03. The van der Waals surface area contributed by atoms with Crippen LogP contribution in [0.25, 0.3) is 0 Å². The van der Waals surface area contributed by atoms with Gasteiger partial charge in [-0.25, -0.2) is 0 Å². The van der Waals surface area contributed by atoms with E-state index in [9.17, 15) is 0 Å². The molecule has 0 spiro atoms. The van der Waals surface area contributed by atoms with Crippen LogP contribution in [0.2, 0.25) is 0 Å². The Morgan fingerprint density at radius 3 is 2.62 bits per heavy atom. The van der Waals surface area contributed by atoms with Gasteiger partial charge in [0.25, 0.3) is 0 Å². The van der Waals surface area contributed by atoms with Crippen LogP contribution in [0.4, 0.5) is 0 Å². The number of allylic oxidation sites excluding steroid dienone is 1. The van der Waals surface area contributed by atoms with Crippen LogP contribution in [-0.4, -0.2) is 19.8 Å². The van der Waals surface area contributed by atoms with Crippen molar-refractivity contribution in [2.45, 2.75) is 26.7 Å². The molecule has 0 saturated carbocycles. The van der Waals surface area contributed by atoms with Crippen molar-refractivity contribution in [3.05, 3.63) is 24.4 Å². The van der Waals surface area contributed by atoms with Gasteiger partial charge in [0.2, 0.25) is 0 Å². The van der Waals surface area contributed by atoms with E-state index >= 15 is 0 Å². The summed E-state index contributed by atoms with van der Waals surface area (Å²) in [5.74, 6) is 0. The molecule has 0 radical (unpaired) electrons. The molecule has 0 heterocycles. The van der Waals surface area contributed by atoms with Gasteiger partial charge in [-0.2, -0.15) is 0 Å². The minimum atomic E-state index is 0.655. The highest BCUT2D eigenvalue weighted by molar-refractivity contribution is 4.90. The summed E-state index contributed by atoms with van der Waals surface area (Å²) in [5, 5.41) is 3.21. The van der Waals surface area contributed by atoms with Crippen LogP contribution in [0.15, 0.2) is 24.4 Å². The van der Waals surface area contributed by atoms with Crippen LogP contribution < -0.4 is 5.32 Å². The molecule has 0 aliphatic rings. The van der Waals surface area contributed by atoms with Crippen LogP contribution >= 0.6 is 0 Å². The summed E-state index contributed by atoms with van der Waals surface area (Å²) in [6.45, 7) is 14.0. The van der Waals surface area contributed by atoms with Gasteiger partial charge in [-0.1, -0.05) is 32.1 Å². The largest absolute Gasteiger partial charge is 0.387 e. The van der Waals surface area contributed by atoms with E-state index in [2.05, 4.69) is 25.4 Å². The van der Waals surface area contributed by atoms with Gasteiger partial charge in [-0.3, -0.25) is 0 Å². The smallest absolute Gasteiger partial charge is 0.0672 e. The van der Waals surface area contributed by atoms with E-state index in [0.29, 0.717) is 6.61 Å². The quantitative estimate of drug-likeness (QED) is 0.461. The molecule has 76 valence electrons. The van der Waals surface area contributed by atoms with Gasteiger partial charge in [0.15, 0.2) is 0 Å². The SMILES string of the molecule is C=C(C)COCCNC(=C)CCC. The van der Waals surface area contributed by atoms with Gasteiger partial charge in [0, 0.05) is 12.2 Å². The Kier molecular flexibility index (Phi) is 7.41. The number of ether oxygens (including phenoxy) is 1. The van der Waals surface area contributed by atoms with E-state index in [1.54, 1.807) is 0 Å². The molecule has 2 heteroatoms. The Bertz CT molecular complexity index is 163. The normalized spacial score (nSPS) is 9.69. The summed E-state index contributed by atoms with van der Waals surface area (Å²) in [4.78, 5) is 0. The van der Waals surface area contributed by atoms with Gasteiger partial charge in [0.05, 0.1) is 13.2 Å². The zero-order valence-corrected chi connectivity index (χ0v) is 8.86. The lowest BCUT2D eigenvalue weighted by molar-refractivity contribution is 0.159. The van der Waals surface area contributed by atoms with E-state index in [1.807, 2.05) is 6.92 Å². The monoisotopic (exact) mass is 183 g/mol. The highest BCUT2D eigenvalue weighted by Gasteiger charge is 1.91. The lowest BCUT2D eigenvalue weighted by Crippen LogP contribution is -2.18. The number of hydrogen-bond donors (Lipinski definition) is 1. The summed E-state index contributed by atoms with van der Waals surface area (Å²) in [6.07, 6.45) is 2.18. The molecule has 1 N–H and O–H groups in total. The van der Waals surface area contributed by atoms with Crippen LogP contribution in [0.3, 0.4) is 0 Å². The lowest BCUT2D eigenvalue weighted by Gasteiger charge is -2.08. The van der Waals surface area contributed by atoms with Crippen molar-refractivity contribution in [2.75, 3.05) is 19.8 Å². The van der Waals surface area contributed by atoms with Gasteiger partial charge < -0.3 is 10.1 Å². The Hall–Kier alpha value is -0.760. The van der Waals surface area contributed by atoms with Crippen molar-refractivity contribution in [3.8, 4) is 0 Å². The molecule has 0 fully saturated rings. The Morgan fingerprint density at radius 1 is 1.38 bits per heavy atom. The molecule has 0 aliphatic heterocycles. The van der Waals surface area contributed by atoms with Gasteiger partial charge in [-0.05, 0) is 13.3 Å². The molecular formula is C11H21NO. The maximum Gasteiger partial charge on any atom is 0.0672 e. The summed E-state index contributed by atoms with van der Waals surface area (Å²) in [7, 11) is 0. The second kappa shape index (κ2) is 7.87. The molecule has 13 heavy (non-hydrogen) atoms. The molecule has 0 saturated heterocycles. The van der Waals surface area contributed by atoms with Crippen molar-refractivity contribution in [1.29, 1.82) is 0 Å². The van der Waals surface area contributed by atoms with Crippen LogP contribution in [-0.2, 0) is 4.74 Å². The van der Waals surface area contributed by atoms with Crippen molar-refractivity contribution >= 4 is 0 Å². The first-order valence-electron chi connectivity index (χ1n) is 4.80. The molecule has 0 atom stereocenters. The predicted octanol–water partition coefficient (Wildman–Crippen LogP) is 2.48. The molecule has 0 unspecified atom stereocenters. The maximum absolute atomic E-state index is 5.32.